The minimum Gasteiger partial charge on any atom is -0.345 e. The molecule has 0 spiro atoms. The molecule has 0 aromatic carbocycles. The predicted molar refractivity (Wildman–Crippen MR) is 70.2 cm³/mol. The second-order valence-electron chi connectivity index (χ2n) is 4.56. The average molecular weight is 239 g/mol. The van der Waals surface area contributed by atoms with E-state index in [1.165, 1.54) is 35.0 Å². The standard InChI is InChI=1S/C12H21N3S/c1-9-10(2)16-12(14-9)15-8-4-3-5-11(15)6-7-13/h11H,3-8,13H2,1-2H3. The van der Waals surface area contributed by atoms with Gasteiger partial charge in [0.05, 0.1) is 5.69 Å². The van der Waals surface area contributed by atoms with E-state index in [0.29, 0.717) is 6.04 Å². The van der Waals surface area contributed by atoms with Gasteiger partial charge in [-0.2, -0.15) is 0 Å². The molecular weight excluding hydrogens is 218 g/mol. The number of hydrogen-bond acceptors (Lipinski definition) is 4. The Hall–Kier alpha value is -0.610. The number of anilines is 1. The fourth-order valence-electron chi connectivity index (χ4n) is 2.32. The van der Waals surface area contributed by atoms with Crippen LogP contribution in [0.2, 0.25) is 0 Å². The highest BCUT2D eigenvalue weighted by molar-refractivity contribution is 7.15. The number of piperidine rings is 1. The lowest BCUT2D eigenvalue weighted by Gasteiger charge is -2.35. The molecule has 1 fully saturated rings. The lowest BCUT2D eigenvalue weighted by molar-refractivity contribution is 0.441. The zero-order valence-corrected chi connectivity index (χ0v) is 11.0. The predicted octanol–water partition coefficient (Wildman–Crippen LogP) is 2.47. The van der Waals surface area contributed by atoms with E-state index < -0.39 is 0 Å². The molecule has 0 aliphatic carbocycles. The Balaban J connectivity index is 2.16. The second kappa shape index (κ2) is 5.15. The molecule has 2 N–H and O–H groups in total. The molecule has 1 aliphatic heterocycles. The number of aryl methyl sites for hydroxylation is 2. The van der Waals surface area contributed by atoms with Crippen molar-refractivity contribution in [1.82, 2.24) is 4.98 Å². The molecule has 0 saturated carbocycles. The van der Waals surface area contributed by atoms with Crippen molar-refractivity contribution in [3.05, 3.63) is 10.6 Å². The summed E-state index contributed by atoms with van der Waals surface area (Å²) in [7, 11) is 0. The van der Waals surface area contributed by atoms with Crippen molar-refractivity contribution in [3.8, 4) is 0 Å². The van der Waals surface area contributed by atoms with Crippen LogP contribution in [0.1, 0.15) is 36.3 Å². The average Bonchev–Trinajstić information content (AvgIpc) is 2.60. The molecule has 16 heavy (non-hydrogen) atoms. The second-order valence-corrected chi connectivity index (χ2v) is 5.74. The maximum Gasteiger partial charge on any atom is 0.186 e. The summed E-state index contributed by atoms with van der Waals surface area (Å²) in [5, 5.41) is 1.20. The summed E-state index contributed by atoms with van der Waals surface area (Å²) >= 11 is 1.82. The Kier molecular flexibility index (Phi) is 3.82. The fraction of sp³-hybridized carbons (Fsp3) is 0.750. The van der Waals surface area contributed by atoms with Crippen LogP contribution in [0.3, 0.4) is 0 Å². The molecule has 1 atom stereocenters. The van der Waals surface area contributed by atoms with Crippen LogP contribution in [0.25, 0.3) is 0 Å². The molecule has 3 nitrogen and oxygen atoms in total. The Bertz CT molecular complexity index is 327. The van der Waals surface area contributed by atoms with E-state index in [9.17, 15) is 0 Å². The normalized spacial score (nSPS) is 21.4. The monoisotopic (exact) mass is 239 g/mol. The number of hydrogen-bond donors (Lipinski definition) is 1. The number of nitrogens with zero attached hydrogens (tertiary/aromatic N) is 2. The van der Waals surface area contributed by atoms with Gasteiger partial charge in [-0.1, -0.05) is 0 Å². The molecule has 1 aliphatic rings. The molecule has 4 heteroatoms. The zero-order chi connectivity index (χ0) is 11.5. The molecule has 2 heterocycles. The topological polar surface area (TPSA) is 42.2 Å². The lowest BCUT2D eigenvalue weighted by Crippen LogP contribution is -2.40. The Morgan fingerprint density at radius 2 is 2.25 bits per heavy atom. The summed E-state index contributed by atoms with van der Waals surface area (Å²) in [5.74, 6) is 0. The summed E-state index contributed by atoms with van der Waals surface area (Å²) in [4.78, 5) is 8.48. The van der Waals surface area contributed by atoms with Gasteiger partial charge in [-0.15, -0.1) is 11.3 Å². The number of nitrogens with two attached hydrogens (primary N) is 1. The van der Waals surface area contributed by atoms with Crippen LogP contribution in [0.4, 0.5) is 5.13 Å². The molecule has 2 rings (SSSR count). The maximum atomic E-state index is 5.69. The van der Waals surface area contributed by atoms with Gasteiger partial charge in [0, 0.05) is 17.5 Å². The quantitative estimate of drug-likeness (QED) is 0.881. The first-order chi connectivity index (χ1) is 7.72. The summed E-state index contributed by atoms with van der Waals surface area (Å²) in [6.45, 7) is 6.18. The van der Waals surface area contributed by atoms with Crippen LogP contribution < -0.4 is 10.6 Å². The molecule has 0 radical (unpaired) electrons. The third kappa shape index (κ3) is 2.38. The molecule has 1 aromatic heterocycles. The molecule has 1 unspecified atom stereocenters. The van der Waals surface area contributed by atoms with Crippen LogP contribution in [-0.4, -0.2) is 24.1 Å². The Morgan fingerprint density at radius 1 is 1.44 bits per heavy atom. The molecule has 1 aromatic rings. The smallest absolute Gasteiger partial charge is 0.186 e. The fourth-order valence-corrected chi connectivity index (χ4v) is 3.33. The van der Waals surface area contributed by atoms with E-state index in [4.69, 9.17) is 5.73 Å². The van der Waals surface area contributed by atoms with Crippen LogP contribution >= 0.6 is 11.3 Å². The van der Waals surface area contributed by atoms with E-state index in [-0.39, 0.29) is 0 Å². The first kappa shape index (κ1) is 11.9. The Labute approximate surface area is 102 Å². The van der Waals surface area contributed by atoms with Crippen molar-refractivity contribution >= 4 is 16.5 Å². The highest BCUT2D eigenvalue weighted by Crippen LogP contribution is 2.31. The molecular formula is C12H21N3S. The largest absolute Gasteiger partial charge is 0.345 e. The number of aromatic nitrogens is 1. The highest BCUT2D eigenvalue weighted by Gasteiger charge is 2.24. The van der Waals surface area contributed by atoms with Gasteiger partial charge < -0.3 is 10.6 Å². The van der Waals surface area contributed by atoms with Crippen LogP contribution in [0.5, 0.6) is 0 Å². The number of thiazole rings is 1. The van der Waals surface area contributed by atoms with Gasteiger partial charge in [0.2, 0.25) is 0 Å². The van der Waals surface area contributed by atoms with Crippen LogP contribution in [0, 0.1) is 13.8 Å². The third-order valence-corrected chi connectivity index (χ3v) is 4.50. The van der Waals surface area contributed by atoms with E-state index in [2.05, 4.69) is 23.7 Å². The first-order valence-electron chi connectivity index (χ1n) is 6.13. The van der Waals surface area contributed by atoms with Gasteiger partial charge in [-0.3, -0.25) is 0 Å². The van der Waals surface area contributed by atoms with E-state index in [1.54, 1.807) is 0 Å². The van der Waals surface area contributed by atoms with Gasteiger partial charge in [0.15, 0.2) is 5.13 Å². The minimum absolute atomic E-state index is 0.615. The van der Waals surface area contributed by atoms with Gasteiger partial charge in [0.1, 0.15) is 0 Å². The van der Waals surface area contributed by atoms with E-state index in [1.807, 2.05) is 11.3 Å². The summed E-state index contributed by atoms with van der Waals surface area (Å²) < 4.78 is 0. The minimum atomic E-state index is 0.615. The van der Waals surface area contributed by atoms with Gasteiger partial charge in [0.25, 0.3) is 0 Å². The van der Waals surface area contributed by atoms with Crippen molar-refractivity contribution < 1.29 is 0 Å². The van der Waals surface area contributed by atoms with Gasteiger partial charge in [-0.05, 0) is 46.1 Å². The Morgan fingerprint density at radius 3 is 2.88 bits per heavy atom. The van der Waals surface area contributed by atoms with Crippen molar-refractivity contribution in [2.24, 2.45) is 5.73 Å². The van der Waals surface area contributed by atoms with E-state index >= 15 is 0 Å². The van der Waals surface area contributed by atoms with E-state index in [0.717, 1.165) is 19.5 Å². The molecule has 1 saturated heterocycles. The third-order valence-electron chi connectivity index (χ3n) is 3.39. The van der Waals surface area contributed by atoms with Crippen molar-refractivity contribution in [1.29, 1.82) is 0 Å². The summed E-state index contributed by atoms with van der Waals surface area (Å²) in [5.41, 5.74) is 6.87. The number of rotatable bonds is 3. The van der Waals surface area contributed by atoms with Crippen LogP contribution in [-0.2, 0) is 0 Å². The summed E-state index contributed by atoms with van der Waals surface area (Å²) in [6, 6.07) is 0.615. The molecule has 90 valence electrons. The molecule has 0 bridgehead atoms. The van der Waals surface area contributed by atoms with Crippen LogP contribution in [0.15, 0.2) is 0 Å². The van der Waals surface area contributed by atoms with Crippen molar-refractivity contribution in [3.63, 3.8) is 0 Å². The summed E-state index contributed by atoms with van der Waals surface area (Å²) in [6.07, 6.45) is 5.00. The van der Waals surface area contributed by atoms with Gasteiger partial charge >= 0.3 is 0 Å². The van der Waals surface area contributed by atoms with Crippen molar-refractivity contribution in [2.75, 3.05) is 18.0 Å². The lowest BCUT2D eigenvalue weighted by atomic mass is 10.0. The maximum absolute atomic E-state index is 5.69. The highest BCUT2D eigenvalue weighted by atomic mass is 32.1. The first-order valence-corrected chi connectivity index (χ1v) is 6.94. The van der Waals surface area contributed by atoms with Crippen molar-refractivity contribution in [2.45, 2.75) is 45.6 Å². The van der Waals surface area contributed by atoms with Gasteiger partial charge in [-0.25, -0.2) is 4.98 Å². The molecule has 0 amide bonds. The zero-order valence-electron chi connectivity index (χ0n) is 10.2. The SMILES string of the molecule is Cc1nc(N2CCCCC2CCN)sc1C.